The first-order valence-electron chi connectivity index (χ1n) is 7.89. The Bertz CT molecular complexity index is 592. The molecule has 0 aromatic heterocycles. The van der Waals surface area contributed by atoms with Gasteiger partial charge in [-0.25, -0.2) is 0 Å². The van der Waals surface area contributed by atoms with E-state index >= 15 is 0 Å². The lowest BCUT2D eigenvalue weighted by atomic mass is 9.70. The number of hydrogen-bond acceptors (Lipinski definition) is 3. The Hall–Kier alpha value is 0.0700. The molecule has 3 atom stereocenters. The molecule has 6 heteroatoms. The third-order valence-corrected chi connectivity index (χ3v) is 8.03. The molecule has 0 amide bonds. The Morgan fingerprint density at radius 3 is 2.00 bits per heavy atom. The monoisotopic (exact) mass is 380 g/mol. The summed E-state index contributed by atoms with van der Waals surface area (Å²) in [5, 5.41) is 0.725. The number of rotatable bonds is 4. The summed E-state index contributed by atoms with van der Waals surface area (Å²) in [6.07, 6.45) is 3.46. The van der Waals surface area contributed by atoms with Crippen LogP contribution in [0.4, 0.5) is 0 Å². The summed E-state index contributed by atoms with van der Waals surface area (Å²) in [7, 11) is 2.95. The minimum Gasteiger partial charge on any atom is -0.487 e. The molecule has 3 rings (SSSR count). The SMILES string of the molecule is COC1(OC)C(Cl)=C(Cl)C(OC2CC3CCC2(C)C3(C)C)=C1Cl. The molecule has 130 valence electrons. The molecule has 2 saturated carbocycles. The molecule has 3 aliphatic carbocycles. The molecule has 0 saturated heterocycles. The van der Waals surface area contributed by atoms with Crippen LogP contribution in [0.2, 0.25) is 0 Å². The normalized spacial score (nSPS) is 37.9. The van der Waals surface area contributed by atoms with Crippen LogP contribution in [0.5, 0.6) is 0 Å². The molecular formula is C17H23Cl3O3. The van der Waals surface area contributed by atoms with E-state index in [1.807, 2.05) is 0 Å². The van der Waals surface area contributed by atoms with Crippen molar-refractivity contribution >= 4 is 34.8 Å². The molecule has 2 bridgehead atoms. The van der Waals surface area contributed by atoms with Crippen molar-refractivity contribution in [1.29, 1.82) is 0 Å². The van der Waals surface area contributed by atoms with Gasteiger partial charge in [0.05, 0.1) is 0 Å². The molecule has 0 aromatic carbocycles. The maximum atomic E-state index is 6.48. The zero-order valence-corrected chi connectivity index (χ0v) is 16.4. The number of ether oxygens (including phenoxy) is 3. The van der Waals surface area contributed by atoms with Gasteiger partial charge in [-0.3, -0.25) is 0 Å². The molecule has 0 radical (unpaired) electrons. The fourth-order valence-electron chi connectivity index (χ4n) is 4.58. The smallest absolute Gasteiger partial charge is 0.249 e. The summed E-state index contributed by atoms with van der Waals surface area (Å²) in [4.78, 5) is 0. The Labute approximate surface area is 152 Å². The van der Waals surface area contributed by atoms with Crippen molar-refractivity contribution in [2.24, 2.45) is 16.7 Å². The first-order chi connectivity index (χ1) is 10.7. The fraction of sp³-hybridized carbons (Fsp3) is 0.765. The van der Waals surface area contributed by atoms with E-state index in [4.69, 9.17) is 49.0 Å². The van der Waals surface area contributed by atoms with E-state index in [0.29, 0.717) is 11.7 Å². The van der Waals surface area contributed by atoms with Crippen LogP contribution in [0.1, 0.15) is 40.0 Å². The molecule has 0 N–H and O–H groups in total. The second-order valence-electron chi connectivity index (χ2n) is 7.51. The summed E-state index contributed by atoms with van der Waals surface area (Å²) in [6, 6.07) is 0. The van der Waals surface area contributed by atoms with Crippen molar-refractivity contribution in [1.82, 2.24) is 0 Å². The Morgan fingerprint density at radius 1 is 1.00 bits per heavy atom. The van der Waals surface area contributed by atoms with Crippen molar-refractivity contribution < 1.29 is 14.2 Å². The van der Waals surface area contributed by atoms with Crippen molar-refractivity contribution in [2.75, 3.05) is 14.2 Å². The first-order valence-corrected chi connectivity index (χ1v) is 9.02. The van der Waals surface area contributed by atoms with Gasteiger partial charge >= 0.3 is 0 Å². The van der Waals surface area contributed by atoms with Gasteiger partial charge in [0.2, 0.25) is 5.79 Å². The zero-order chi connectivity index (χ0) is 17.2. The van der Waals surface area contributed by atoms with Gasteiger partial charge in [0.1, 0.15) is 21.2 Å². The maximum Gasteiger partial charge on any atom is 0.249 e. The Morgan fingerprint density at radius 2 is 1.61 bits per heavy atom. The average Bonchev–Trinajstić information content (AvgIpc) is 2.93. The predicted octanol–water partition coefficient (Wildman–Crippen LogP) is 5.36. The van der Waals surface area contributed by atoms with Gasteiger partial charge < -0.3 is 14.2 Å². The number of methoxy groups -OCH3 is 2. The summed E-state index contributed by atoms with van der Waals surface area (Å²) >= 11 is 19.2. The number of fused-ring (bicyclic) bond motifs is 2. The van der Waals surface area contributed by atoms with E-state index in [0.717, 1.165) is 12.8 Å². The van der Waals surface area contributed by atoms with Crippen LogP contribution in [0.15, 0.2) is 20.9 Å². The quantitative estimate of drug-likeness (QED) is 0.613. The first kappa shape index (κ1) is 17.9. The molecular weight excluding hydrogens is 359 g/mol. The minimum absolute atomic E-state index is 0.0581. The lowest BCUT2D eigenvalue weighted by Crippen LogP contribution is -2.37. The van der Waals surface area contributed by atoms with Crippen molar-refractivity contribution in [3.63, 3.8) is 0 Å². The lowest BCUT2D eigenvalue weighted by Gasteiger charge is -2.39. The van der Waals surface area contributed by atoms with E-state index in [9.17, 15) is 0 Å². The summed E-state index contributed by atoms with van der Waals surface area (Å²) in [6.45, 7) is 6.96. The summed E-state index contributed by atoms with van der Waals surface area (Å²) in [5.74, 6) is -0.313. The molecule has 0 spiro atoms. The van der Waals surface area contributed by atoms with Gasteiger partial charge in [0.25, 0.3) is 0 Å². The second kappa shape index (κ2) is 5.54. The van der Waals surface area contributed by atoms with Crippen LogP contribution in [-0.4, -0.2) is 26.1 Å². The third-order valence-electron chi connectivity index (χ3n) is 6.72. The topological polar surface area (TPSA) is 27.7 Å². The van der Waals surface area contributed by atoms with E-state index in [1.54, 1.807) is 0 Å². The third kappa shape index (κ3) is 2.10. The summed E-state index contributed by atoms with van der Waals surface area (Å²) in [5.41, 5.74) is 0.333. The highest BCUT2D eigenvalue weighted by atomic mass is 35.5. The molecule has 0 aromatic rings. The van der Waals surface area contributed by atoms with E-state index in [2.05, 4.69) is 20.8 Å². The van der Waals surface area contributed by atoms with E-state index in [-0.39, 0.29) is 32.0 Å². The predicted molar refractivity (Wildman–Crippen MR) is 92.5 cm³/mol. The standard InChI is InChI=1S/C17H23Cl3O3/c1-15(2)9-6-7-16(15,3)10(8-9)23-12-11(18)13(19)17(21-4,22-5)14(12)20/h9-10H,6-8H2,1-5H3. The van der Waals surface area contributed by atoms with Gasteiger partial charge in [-0.15, -0.1) is 0 Å². The minimum atomic E-state index is -1.36. The Kier molecular flexibility index (Phi) is 4.30. The number of halogens is 3. The van der Waals surface area contributed by atoms with Crippen LogP contribution < -0.4 is 0 Å². The highest BCUT2D eigenvalue weighted by Gasteiger charge is 2.63. The molecule has 3 unspecified atom stereocenters. The van der Waals surface area contributed by atoms with Crippen molar-refractivity contribution in [3.05, 3.63) is 20.9 Å². The van der Waals surface area contributed by atoms with Crippen molar-refractivity contribution in [3.8, 4) is 0 Å². The average molecular weight is 382 g/mol. The molecule has 0 aliphatic heterocycles. The van der Waals surface area contributed by atoms with E-state index < -0.39 is 5.79 Å². The highest BCUT2D eigenvalue weighted by molar-refractivity contribution is 6.45. The van der Waals surface area contributed by atoms with Crippen LogP contribution in [0.25, 0.3) is 0 Å². The highest BCUT2D eigenvalue weighted by Crippen LogP contribution is 2.67. The van der Waals surface area contributed by atoms with E-state index in [1.165, 1.54) is 20.6 Å². The van der Waals surface area contributed by atoms with Crippen LogP contribution in [-0.2, 0) is 14.2 Å². The summed E-state index contributed by atoms with van der Waals surface area (Å²) < 4.78 is 17.1. The number of hydrogen-bond donors (Lipinski definition) is 0. The van der Waals surface area contributed by atoms with Gasteiger partial charge in [0, 0.05) is 19.6 Å². The van der Waals surface area contributed by atoms with Gasteiger partial charge in [-0.2, -0.15) is 0 Å². The van der Waals surface area contributed by atoms with Gasteiger partial charge in [-0.05, 0) is 30.6 Å². The lowest BCUT2D eigenvalue weighted by molar-refractivity contribution is -0.139. The molecule has 2 fully saturated rings. The molecule has 3 aliphatic rings. The largest absolute Gasteiger partial charge is 0.487 e. The maximum absolute atomic E-state index is 6.48. The number of allylic oxidation sites excluding steroid dienone is 1. The van der Waals surface area contributed by atoms with Crippen LogP contribution >= 0.6 is 34.8 Å². The second-order valence-corrected chi connectivity index (χ2v) is 8.65. The Balaban J connectivity index is 1.94. The molecule has 3 nitrogen and oxygen atoms in total. The van der Waals surface area contributed by atoms with Gasteiger partial charge in [-0.1, -0.05) is 55.6 Å². The van der Waals surface area contributed by atoms with Gasteiger partial charge in [0.15, 0.2) is 5.76 Å². The molecule has 23 heavy (non-hydrogen) atoms. The molecule has 0 heterocycles. The van der Waals surface area contributed by atoms with Crippen LogP contribution in [0.3, 0.4) is 0 Å². The fourth-order valence-corrected chi connectivity index (χ4v) is 5.66. The van der Waals surface area contributed by atoms with Crippen LogP contribution in [0, 0.1) is 16.7 Å². The van der Waals surface area contributed by atoms with Crippen molar-refractivity contribution in [2.45, 2.75) is 51.9 Å². The zero-order valence-electron chi connectivity index (χ0n) is 14.1.